The Balaban J connectivity index is 1.50. The molecule has 9 nitrogen and oxygen atoms in total. The Labute approximate surface area is 178 Å². The van der Waals surface area contributed by atoms with Crippen LogP contribution in [0.2, 0.25) is 0 Å². The predicted molar refractivity (Wildman–Crippen MR) is 98.7 cm³/mol. The van der Waals surface area contributed by atoms with Gasteiger partial charge in [-0.25, -0.2) is 4.39 Å². The van der Waals surface area contributed by atoms with Gasteiger partial charge in [0.05, 0.1) is 18.4 Å². The van der Waals surface area contributed by atoms with Crippen LogP contribution in [0, 0.1) is 5.82 Å². The molecule has 0 fully saturated rings. The van der Waals surface area contributed by atoms with E-state index in [9.17, 15) is 35.9 Å². The van der Waals surface area contributed by atoms with Gasteiger partial charge in [-0.15, -0.1) is 0 Å². The minimum atomic E-state index is -4.57. The lowest BCUT2D eigenvalue weighted by Gasteiger charge is -2.20. The highest BCUT2D eigenvalue weighted by Gasteiger charge is 2.34. The Bertz CT molecular complexity index is 1260. The van der Waals surface area contributed by atoms with E-state index in [-0.39, 0.29) is 24.3 Å². The highest BCUT2D eigenvalue weighted by atomic mass is 32.2. The van der Waals surface area contributed by atoms with Crippen LogP contribution in [0.4, 0.5) is 17.6 Å². The van der Waals surface area contributed by atoms with Gasteiger partial charge < -0.3 is 10.0 Å². The summed E-state index contributed by atoms with van der Waals surface area (Å²) in [5, 5.41) is 17.6. The highest BCUT2D eigenvalue weighted by molar-refractivity contribution is 7.89. The number of hydrogen-bond donors (Lipinski definition) is 1. The van der Waals surface area contributed by atoms with E-state index in [1.807, 2.05) is 0 Å². The lowest BCUT2D eigenvalue weighted by molar-refractivity contribution is -0.143. The molecule has 0 spiro atoms. The van der Waals surface area contributed by atoms with Gasteiger partial charge in [-0.3, -0.25) is 9.48 Å². The van der Waals surface area contributed by atoms with Crippen molar-refractivity contribution in [2.24, 2.45) is 0 Å². The van der Waals surface area contributed by atoms with E-state index in [2.05, 4.69) is 10.2 Å². The molecule has 1 N–H and O–H groups in total. The van der Waals surface area contributed by atoms with Crippen LogP contribution in [0.3, 0.4) is 0 Å². The first kappa shape index (κ1) is 22.0. The average Bonchev–Trinajstić information content (AvgIpc) is 3.41. The SMILES string of the molecule is O=C([C@H](O)c1ccccc1F)N1Cc2cn(S(=O)(=O)c3cnn(CC(F)(F)F)c3)nc2C1. The molecule has 1 amide bonds. The van der Waals surface area contributed by atoms with Crippen LogP contribution in [0.5, 0.6) is 0 Å². The first-order chi connectivity index (χ1) is 15.0. The van der Waals surface area contributed by atoms with E-state index in [0.29, 0.717) is 14.3 Å². The van der Waals surface area contributed by atoms with Gasteiger partial charge in [0.1, 0.15) is 17.3 Å². The first-order valence-electron chi connectivity index (χ1n) is 9.09. The van der Waals surface area contributed by atoms with Crippen LogP contribution < -0.4 is 0 Å². The van der Waals surface area contributed by atoms with Crippen molar-refractivity contribution in [1.29, 1.82) is 0 Å². The van der Waals surface area contributed by atoms with Crippen molar-refractivity contribution in [2.75, 3.05) is 0 Å². The Morgan fingerprint density at radius 2 is 1.91 bits per heavy atom. The van der Waals surface area contributed by atoms with Crippen molar-refractivity contribution >= 4 is 15.9 Å². The zero-order valence-electron chi connectivity index (χ0n) is 16.1. The second-order valence-corrected chi connectivity index (χ2v) is 8.88. The first-order valence-corrected chi connectivity index (χ1v) is 10.5. The second kappa shape index (κ2) is 7.70. The molecule has 1 atom stereocenters. The van der Waals surface area contributed by atoms with Crippen LogP contribution >= 0.6 is 0 Å². The number of amides is 1. The molecule has 2 aromatic heterocycles. The summed E-state index contributed by atoms with van der Waals surface area (Å²) >= 11 is 0. The monoisotopic (exact) mass is 473 g/mol. The Morgan fingerprint density at radius 1 is 1.19 bits per heavy atom. The summed E-state index contributed by atoms with van der Waals surface area (Å²) < 4.78 is 77.6. The van der Waals surface area contributed by atoms with E-state index >= 15 is 0 Å². The molecule has 3 heterocycles. The van der Waals surface area contributed by atoms with Crippen LogP contribution in [0.1, 0.15) is 22.9 Å². The standard InChI is InChI=1S/C18H15F4N5O4S/c19-14-4-2-1-3-13(14)16(28)17(29)25-6-11-7-27(24-15(11)9-25)32(30,31)12-5-23-26(8-12)10-18(20,21)22/h1-5,7-8,16,28H,6,9-10H2/t16-/m1/s1. The minimum absolute atomic E-state index is 0.0808. The molecule has 1 aliphatic rings. The van der Waals surface area contributed by atoms with Crippen molar-refractivity contribution in [3.8, 4) is 0 Å². The van der Waals surface area contributed by atoms with E-state index < -0.39 is 45.5 Å². The fourth-order valence-electron chi connectivity index (χ4n) is 3.27. The largest absolute Gasteiger partial charge is 0.408 e. The molecule has 0 bridgehead atoms. The molecule has 3 aromatic rings. The molecule has 14 heteroatoms. The quantitative estimate of drug-likeness (QED) is 0.564. The second-order valence-electron chi connectivity index (χ2n) is 7.09. The van der Waals surface area contributed by atoms with Crippen molar-refractivity contribution in [3.05, 3.63) is 65.5 Å². The number of benzene rings is 1. The zero-order chi connectivity index (χ0) is 23.3. The van der Waals surface area contributed by atoms with Gasteiger partial charge in [0.2, 0.25) is 0 Å². The summed E-state index contributed by atoms with van der Waals surface area (Å²) in [4.78, 5) is 13.2. The maximum absolute atomic E-state index is 13.8. The van der Waals surface area contributed by atoms with Crippen LogP contribution in [-0.2, 0) is 34.5 Å². The number of hydrogen-bond acceptors (Lipinski definition) is 6. The summed E-state index contributed by atoms with van der Waals surface area (Å²) in [5.41, 5.74) is 0.404. The van der Waals surface area contributed by atoms with Crippen LogP contribution in [0.25, 0.3) is 0 Å². The van der Waals surface area contributed by atoms with Gasteiger partial charge in [0.25, 0.3) is 15.9 Å². The number of nitrogens with zero attached hydrogens (tertiary/aromatic N) is 5. The number of fused-ring (bicyclic) bond motifs is 1. The van der Waals surface area contributed by atoms with Crippen molar-refractivity contribution in [1.82, 2.24) is 23.9 Å². The number of alkyl halides is 3. The number of carbonyl (C=O) groups is 1. The summed E-state index contributed by atoms with van der Waals surface area (Å²) in [6.45, 7) is -1.66. The molecule has 4 rings (SSSR count). The fraction of sp³-hybridized carbons (Fsp3) is 0.278. The molecule has 1 aromatic carbocycles. The third-order valence-corrected chi connectivity index (χ3v) is 6.28. The third-order valence-electron chi connectivity index (χ3n) is 4.80. The molecule has 32 heavy (non-hydrogen) atoms. The molecule has 0 unspecified atom stereocenters. The van der Waals surface area contributed by atoms with Crippen molar-refractivity contribution in [2.45, 2.75) is 36.8 Å². The number of carbonyl (C=O) groups excluding carboxylic acids is 1. The molecule has 170 valence electrons. The van der Waals surface area contributed by atoms with Gasteiger partial charge >= 0.3 is 6.18 Å². The van der Waals surface area contributed by atoms with Gasteiger partial charge in [0.15, 0.2) is 6.10 Å². The van der Waals surface area contributed by atoms with Gasteiger partial charge in [-0.05, 0) is 6.07 Å². The average molecular weight is 473 g/mol. The van der Waals surface area contributed by atoms with E-state index in [4.69, 9.17) is 0 Å². The van der Waals surface area contributed by atoms with E-state index in [1.165, 1.54) is 23.1 Å². The number of halogens is 4. The third kappa shape index (κ3) is 4.10. The van der Waals surface area contributed by atoms with Crippen molar-refractivity contribution in [3.63, 3.8) is 0 Å². The number of aliphatic hydroxyl groups is 1. The van der Waals surface area contributed by atoms with Gasteiger partial charge in [-0.2, -0.15) is 35.9 Å². The Kier molecular flexibility index (Phi) is 5.29. The molecule has 1 aliphatic heterocycles. The molecule has 0 aliphatic carbocycles. The minimum Gasteiger partial charge on any atom is -0.378 e. The summed E-state index contributed by atoms with van der Waals surface area (Å²) in [5.74, 6) is -1.52. The predicted octanol–water partition coefficient (Wildman–Crippen LogP) is 1.59. The lowest BCUT2D eigenvalue weighted by Crippen LogP contribution is -2.31. The maximum Gasteiger partial charge on any atom is 0.408 e. The maximum atomic E-state index is 13.8. The Morgan fingerprint density at radius 3 is 2.56 bits per heavy atom. The lowest BCUT2D eigenvalue weighted by atomic mass is 10.1. The zero-order valence-corrected chi connectivity index (χ0v) is 16.9. The topological polar surface area (TPSA) is 110 Å². The summed E-state index contributed by atoms with van der Waals surface area (Å²) in [7, 11) is -4.30. The smallest absolute Gasteiger partial charge is 0.378 e. The number of aromatic nitrogens is 4. The Hall–Kier alpha value is -3.26. The molecule has 0 radical (unpaired) electrons. The van der Waals surface area contributed by atoms with Gasteiger partial charge in [-0.1, -0.05) is 18.2 Å². The van der Waals surface area contributed by atoms with Crippen LogP contribution in [0.15, 0.2) is 47.8 Å². The van der Waals surface area contributed by atoms with Gasteiger partial charge in [0, 0.05) is 30.1 Å². The van der Waals surface area contributed by atoms with E-state index in [1.54, 1.807) is 0 Å². The van der Waals surface area contributed by atoms with Crippen molar-refractivity contribution < 1.29 is 35.9 Å². The highest BCUT2D eigenvalue weighted by Crippen LogP contribution is 2.28. The molecule has 0 saturated heterocycles. The van der Waals surface area contributed by atoms with Crippen LogP contribution in [-0.4, -0.2) is 49.5 Å². The molecular weight excluding hydrogens is 458 g/mol. The summed E-state index contributed by atoms with van der Waals surface area (Å²) in [6.07, 6.45) is -3.64. The normalized spacial score (nSPS) is 15.1. The number of rotatable bonds is 5. The molecular formula is C18H15F4N5O4S. The summed E-state index contributed by atoms with van der Waals surface area (Å²) in [6, 6.07) is 5.27. The number of aliphatic hydroxyl groups excluding tert-OH is 1. The molecule has 0 saturated carbocycles. The van der Waals surface area contributed by atoms with E-state index in [0.717, 1.165) is 24.7 Å². The fourth-order valence-corrected chi connectivity index (χ4v) is 4.39.